The smallest absolute Gasteiger partial charge is 0.320 e. The Balaban J connectivity index is 1.66. The van der Waals surface area contributed by atoms with E-state index in [9.17, 15) is 14.4 Å². The second-order valence-corrected chi connectivity index (χ2v) is 8.29. The summed E-state index contributed by atoms with van der Waals surface area (Å²) in [6.07, 6.45) is 0.850. The highest BCUT2D eigenvalue weighted by Gasteiger charge is 2.29. The second kappa shape index (κ2) is 11.2. The molecule has 0 saturated carbocycles. The molecule has 5 amide bonds. The van der Waals surface area contributed by atoms with Crippen LogP contribution in [-0.4, -0.2) is 109 Å². The van der Waals surface area contributed by atoms with E-state index in [2.05, 4.69) is 15.5 Å². The Kier molecular flexibility index (Phi) is 9.00. The minimum absolute atomic E-state index is 0.0545. The summed E-state index contributed by atoms with van der Waals surface area (Å²) in [5.74, 6) is 0.170. The third-order valence-corrected chi connectivity index (χ3v) is 5.68. The Morgan fingerprint density at radius 1 is 0.828 bits per heavy atom. The molecule has 29 heavy (non-hydrogen) atoms. The molecule has 166 valence electrons. The van der Waals surface area contributed by atoms with E-state index in [0.29, 0.717) is 45.8 Å². The van der Waals surface area contributed by atoms with Crippen molar-refractivity contribution in [2.24, 2.45) is 5.92 Å². The minimum atomic E-state index is -0.0545. The summed E-state index contributed by atoms with van der Waals surface area (Å²) in [5, 5.41) is 5.88. The Labute approximate surface area is 174 Å². The minimum Gasteiger partial charge on any atom is -0.355 e. The molecular weight excluding hydrogens is 372 g/mol. The molecule has 9 nitrogen and oxygen atoms in total. The van der Waals surface area contributed by atoms with Gasteiger partial charge in [0.2, 0.25) is 5.91 Å². The van der Waals surface area contributed by atoms with Gasteiger partial charge in [0.05, 0.1) is 0 Å². The second-order valence-electron chi connectivity index (χ2n) is 8.29. The van der Waals surface area contributed by atoms with E-state index in [-0.39, 0.29) is 29.9 Å². The van der Waals surface area contributed by atoms with E-state index in [4.69, 9.17) is 0 Å². The van der Waals surface area contributed by atoms with Crippen LogP contribution >= 0.6 is 0 Å². The predicted octanol–water partition coefficient (Wildman–Crippen LogP) is 0.622. The number of hydrogen-bond donors (Lipinski definition) is 2. The van der Waals surface area contributed by atoms with Gasteiger partial charge in [-0.2, -0.15) is 0 Å². The van der Waals surface area contributed by atoms with E-state index < -0.39 is 0 Å². The lowest BCUT2D eigenvalue weighted by atomic mass is 10.1. The third kappa shape index (κ3) is 7.06. The first-order valence-electron chi connectivity index (χ1n) is 10.9. The average molecular weight is 411 g/mol. The van der Waals surface area contributed by atoms with E-state index in [0.717, 1.165) is 26.1 Å². The maximum Gasteiger partial charge on any atom is 0.320 e. The Morgan fingerprint density at radius 2 is 1.34 bits per heavy atom. The molecule has 1 unspecified atom stereocenters. The lowest BCUT2D eigenvalue weighted by molar-refractivity contribution is -0.124. The highest BCUT2D eigenvalue weighted by Crippen LogP contribution is 2.09. The molecule has 2 heterocycles. The van der Waals surface area contributed by atoms with Gasteiger partial charge in [0.15, 0.2) is 0 Å². The van der Waals surface area contributed by atoms with Crippen molar-refractivity contribution in [3.63, 3.8) is 0 Å². The van der Waals surface area contributed by atoms with Gasteiger partial charge in [0.25, 0.3) is 0 Å². The fraction of sp³-hybridized carbons (Fsp3) is 0.850. The standard InChI is InChI=1S/C20H38N6O3/c1-5-17(4)18(27)21-6-7-23-8-10-25(11-9-23)20(29)26-14-12-24(13-15-26)19(28)22-16(2)3/h16-17H,5-15H2,1-4H3,(H,21,27)(H,22,28). The number of nitrogens with one attached hydrogen (secondary N) is 2. The number of amides is 5. The van der Waals surface area contributed by atoms with Crippen LogP contribution in [-0.2, 0) is 4.79 Å². The van der Waals surface area contributed by atoms with Crippen LogP contribution < -0.4 is 10.6 Å². The summed E-state index contributed by atoms with van der Waals surface area (Å²) in [6.45, 7) is 14.6. The maximum atomic E-state index is 12.8. The van der Waals surface area contributed by atoms with Gasteiger partial charge < -0.3 is 25.3 Å². The van der Waals surface area contributed by atoms with Crippen molar-refractivity contribution in [2.75, 3.05) is 65.4 Å². The van der Waals surface area contributed by atoms with E-state index in [1.165, 1.54) is 0 Å². The number of piperazine rings is 2. The lowest BCUT2D eigenvalue weighted by Gasteiger charge is -2.40. The fourth-order valence-corrected chi connectivity index (χ4v) is 3.50. The Bertz CT molecular complexity index is 554. The number of carbonyl (C=O) groups is 3. The first-order chi connectivity index (χ1) is 13.8. The summed E-state index contributed by atoms with van der Waals surface area (Å²) in [6, 6.07) is 0.126. The van der Waals surface area contributed by atoms with Crippen molar-refractivity contribution in [2.45, 2.75) is 40.2 Å². The molecule has 0 radical (unpaired) electrons. The van der Waals surface area contributed by atoms with Gasteiger partial charge in [0.1, 0.15) is 0 Å². The lowest BCUT2D eigenvalue weighted by Crippen LogP contribution is -2.58. The number of urea groups is 2. The number of nitrogens with zero attached hydrogens (tertiary/aromatic N) is 4. The van der Waals surface area contributed by atoms with Gasteiger partial charge in [-0.05, 0) is 20.3 Å². The zero-order valence-corrected chi connectivity index (χ0v) is 18.4. The van der Waals surface area contributed by atoms with Gasteiger partial charge in [-0.15, -0.1) is 0 Å². The fourth-order valence-electron chi connectivity index (χ4n) is 3.50. The molecule has 2 aliphatic heterocycles. The monoisotopic (exact) mass is 410 g/mol. The molecule has 1 atom stereocenters. The van der Waals surface area contributed by atoms with Crippen LogP contribution in [0.1, 0.15) is 34.1 Å². The van der Waals surface area contributed by atoms with Crippen LogP contribution in [0.15, 0.2) is 0 Å². The topological polar surface area (TPSA) is 88.2 Å². The highest BCUT2D eigenvalue weighted by atomic mass is 16.2. The van der Waals surface area contributed by atoms with Gasteiger partial charge in [-0.3, -0.25) is 9.69 Å². The summed E-state index contributed by atoms with van der Waals surface area (Å²) in [4.78, 5) is 44.5. The Morgan fingerprint density at radius 3 is 1.86 bits per heavy atom. The van der Waals surface area contributed by atoms with Crippen LogP contribution in [0.25, 0.3) is 0 Å². The highest BCUT2D eigenvalue weighted by molar-refractivity contribution is 5.78. The van der Waals surface area contributed by atoms with Gasteiger partial charge >= 0.3 is 12.1 Å². The number of rotatable bonds is 6. The van der Waals surface area contributed by atoms with E-state index in [1.807, 2.05) is 37.5 Å². The van der Waals surface area contributed by atoms with Crippen LogP contribution in [0, 0.1) is 5.92 Å². The number of carbonyl (C=O) groups excluding carboxylic acids is 3. The SMILES string of the molecule is CCC(C)C(=O)NCCN1CCN(C(=O)N2CCN(C(=O)NC(C)C)CC2)CC1. The van der Waals surface area contributed by atoms with Crippen molar-refractivity contribution in [3.05, 3.63) is 0 Å². The molecule has 0 aromatic rings. The molecule has 2 aliphatic rings. The Hall–Kier alpha value is -2.03. The van der Waals surface area contributed by atoms with Gasteiger partial charge in [0, 0.05) is 77.4 Å². The summed E-state index contributed by atoms with van der Waals surface area (Å²) >= 11 is 0. The van der Waals surface area contributed by atoms with E-state index >= 15 is 0 Å². The first kappa shape index (κ1) is 23.3. The van der Waals surface area contributed by atoms with E-state index in [1.54, 1.807) is 4.90 Å². The largest absolute Gasteiger partial charge is 0.355 e. The van der Waals surface area contributed by atoms with Crippen molar-refractivity contribution < 1.29 is 14.4 Å². The molecule has 2 rings (SSSR count). The molecule has 2 saturated heterocycles. The van der Waals surface area contributed by atoms with Crippen LogP contribution in [0.3, 0.4) is 0 Å². The molecular formula is C20H38N6O3. The molecule has 2 N–H and O–H groups in total. The zero-order chi connectivity index (χ0) is 21.4. The van der Waals surface area contributed by atoms with Crippen LogP contribution in [0.4, 0.5) is 9.59 Å². The number of hydrogen-bond acceptors (Lipinski definition) is 4. The predicted molar refractivity (Wildman–Crippen MR) is 113 cm³/mol. The summed E-state index contributed by atoms with van der Waals surface area (Å²) in [5.41, 5.74) is 0. The maximum absolute atomic E-state index is 12.8. The van der Waals surface area contributed by atoms with Crippen molar-refractivity contribution in [3.8, 4) is 0 Å². The zero-order valence-electron chi connectivity index (χ0n) is 18.4. The quantitative estimate of drug-likeness (QED) is 0.672. The van der Waals surface area contributed by atoms with Gasteiger partial charge in [-0.25, -0.2) is 9.59 Å². The molecule has 9 heteroatoms. The molecule has 0 aromatic carbocycles. The van der Waals surface area contributed by atoms with Crippen molar-refractivity contribution in [1.29, 1.82) is 0 Å². The van der Waals surface area contributed by atoms with Gasteiger partial charge in [-0.1, -0.05) is 13.8 Å². The van der Waals surface area contributed by atoms with Crippen LogP contribution in [0.5, 0.6) is 0 Å². The summed E-state index contributed by atoms with van der Waals surface area (Å²) in [7, 11) is 0. The third-order valence-electron chi connectivity index (χ3n) is 5.68. The van der Waals surface area contributed by atoms with Crippen molar-refractivity contribution >= 4 is 18.0 Å². The summed E-state index contributed by atoms with van der Waals surface area (Å²) < 4.78 is 0. The molecule has 0 bridgehead atoms. The first-order valence-corrected chi connectivity index (χ1v) is 10.9. The molecule has 0 aliphatic carbocycles. The molecule has 0 aromatic heterocycles. The van der Waals surface area contributed by atoms with Crippen molar-refractivity contribution in [1.82, 2.24) is 30.2 Å². The molecule has 0 spiro atoms. The normalized spacial score (nSPS) is 19.3. The molecule has 2 fully saturated rings. The average Bonchev–Trinajstić information content (AvgIpc) is 2.72. The van der Waals surface area contributed by atoms with Crippen LogP contribution in [0.2, 0.25) is 0 Å².